The maximum atomic E-state index is 3.06. The van der Waals surface area contributed by atoms with Crippen LogP contribution in [0.3, 0.4) is 0 Å². The summed E-state index contributed by atoms with van der Waals surface area (Å²) >= 11 is 0. The molecule has 0 aromatic carbocycles. The molecule has 1 aliphatic heterocycles. The highest BCUT2D eigenvalue weighted by Gasteiger charge is 2.00. The summed E-state index contributed by atoms with van der Waals surface area (Å²) in [6.45, 7) is 0. The first-order valence-electron chi connectivity index (χ1n) is 3.23. The summed E-state index contributed by atoms with van der Waals surface area (Å²) in [6, 6.07) is 2.13. The average molecular weight is 151 g/mol. The molecule has 2 heteroatoms. The molecular weight excluding hydrogens is 142 g/mol. The summed E-state index contributed by atoms with van der Waals surface area (Å²) in [6.07, 6.45) is 8.25. The molecule has 1 aromatic rings. The van der Waals surface area contributed by atoms with Crippen LogP contribution in [0.1, 0.15) is 0 Å². The van der Waals surface area contributed by atoms with Crippen LogP contribution in [0.2, 0.25) is 0 Å². The first kappa shape index (κ1) is 5.86. The maximum Gasteiger partial charge on any atom is 0.0131 e. The Morgan fingerprint density at radius 3 is 2.60 bits per heavy atom. The third-order valence-corrected chi connectivity index (χ3v) is 3.35. The van der Waals surface area contributed by atoms with Crippen LogP contribution in [-0.4, -0.2) is 4.98 Å². The Morgan fingerprint density at radius 1 is 1.20 bits per heavy atom. The number of rotatable bonds is 1. The molecule has 1 aliphatic rings. The molecule has 52 valence electrons. The monoisotopic (exact) mass is 151 g/mol. The van der Waals surface area contributed by atoms with Gasteiger partial charge in [0.05, 0.1) is 0 Å². The van der Waals surface area contributed by atoms with E-state index in [1.54, 1.807) is 0 Å². The summed E-state index contributed by atoms with van der Waals surface area (Å²) < 4.78 is 0. The number of thiol groups is 1. The molecule has 0 bridgehead atoms. The summed E-state index contributed by atoms with van der Waals surface area (Å²) in [4.78, 5) is 4.46. The van der Waals surface area contributed by atoms with Gasteiger partial charge in [-0.25, -0.2) is 0 Å². The van der Waals surface area contributed by atoms with E-state index in [9.17, 15) is 0 Å². The predicted molar refractivity (Wildman–Crippen MR) is 46.3 cm³/mol. The molecule has 2 rings (SSSR count). The standard InChI is InChI=1S/C8H9NS/c1-2-6-10(5-1)8-3-4-9-7-8/h1-7,9-10H. The zero-order chi connectivity index (χ0) is 6.81. The first-order chi connectivity index (χ1) is 4.97. The Hall–Kier alpha value is -0.890. The van der Waals surface area contributed by atoms with Gasteiger partial charge in [0.2, 0.25) is 0 Å². The molecular formula is C8H9NS. The van der Waals surface area contributed by atoms with Crippen molar-refractivity contribution in [3.63, 3.8) is 0 Å². The van der Waals surface area contributed by atoms with E-state index < -0.39 is 0 Å². The minimum Gasteiger partial charge on any atom is -0.367 e. The van der Waals surface area contributed by atoms with Gasteiger partial charge in [-0.15, -0.1) is 0 Å². The van der Waals surface area contributed by atoms with Crippen LogP contribution in [0, 0.1) is 0 Å². The molecule has 0 unspecified atom stereocenters. The number of H-pyrrole nitrogens is 1. The highest BCUT2D eigenvalue weighted by Crippen LogP contribution is 2.41. The normalized spacial score (nSPS) is 18.6. The van der Waals surface area contributed by atoms with Crippen LogP contribution in [0.15, 0.2) is 46.3 Å². The third kappa shape index (κ3) is 0.907. The zero-order valence-corrected chi connectivity index (χ0v) is 6.38. The fraction of sp³-hybridized carbons (Fsp3) is 0. The number of aromatic amines is 1. The van der Waals surface area contributed by atoms with Crippen molar-refractivity contribution >= 4 is 10.9 Å². The summed E-state index contributed by atoms with van der Waals surface area (Å²) in [5.41, 5.74) is 0. The topological polar surface area (TPSA) is 15.8 Å². The Labute approximate surface area is 62.8 Å². The molecule has 0 saturated carbocycles. The van der Waals surface area contributed by atoms with Crippen molar-refractivity contribution in [1.82, 2.24) is 4.98 Å². The smallest absolute Gasteiger partial charge is 0.0131 e. The van der Waals surface area contributed by atoms with Gasteiger partial charge >= 0.3 is 0 Å². The molecule has 0 spiro atoms. The van der Waals surface area contributed by atoms with Crippen LogP contribution >= 0.6 is 10.9 Å². The van der Waals surface area contributed by atoms with Gasteiger partial charge in [0.25, 0.3) is 0 Å². The van der Waals surface area contributed by atoms with Crippen molar-refractivity contribution in [3.05, 3.63) is 41.4 Å². The Kier molecular flexibility index (Phi) is 1.40. The third-order valence-electron chi connectivity index (χ3n) is 1.48. The molecule has 0 aliphatic carbocycles. The van der Waals surface area contributed by atoms with E-state index in [0.29, 0.717) is 0 Å². The molecule has 0 atom stereocenters. The molecule has 1 aromatic heterocycles. The average Bonchev–Trinajstić information content (AvgIpc) is 2.59. The molecule has 0 amide bonds. The summed E-state index contributed by atoms with van der Waals surface area (Å²) in [7, 11) is -0.0956. The molecule has 2 heterocycles. The van der Waals surface area contributed by atoms with Gasteiger partial charge in [0.1, 0.15) is 0 Å². The zero-order valence-electron chi connectivity index (χ0n) is 5.49. The second kappa shape index (κ2) is 2.39. The van der Waals surface area contributed by atoms with Gasteiger partial charge < -0.3 is 4.98 Å². The van der Waals surface area contributed by atoms with Crippen LogP contribution in [0.4, 0.5) is 0 Å². The van der Waals surface area contributed by atoms with Crippen molar-refractivity contribution in [2.75, 3.05) is 0 Å². The molecule has 10 heavy (non-hydrogen) atoms. The van der Waals surface area contributed by atoms with E-state index in [0.717, 1.165) is 0 Å². The fourth-order valence-corrected chi connectivity index (χ4v) is 2.47. The number of hydrogen-bond donors (Lipinski definition) is 2. The van der Waals surface area contributed by atoms with E-state index in [2.05, 4.69) is 40.2 Å². The summed E-state index contributed by atoms with van der Waals surface area (Å²) in [5, 5.41) is 4.50. The molecule has 0 fully saturated rings. The van der Waals surface area contributed by atoms with Gasteiger partial charge in [-0.2, -0.15) is 10.9 Å². The largest absolute Gasteiger partial charge is 0.367 e. The second-order valence-corrected chi connectivity index (χ2v) is 4.09. The van der Waals surface area contributed by atoms with E-state index in [1.807, 2.05) is 6.20 Å². The lowest BCUT2D eigenvalue weighted by molar-refractivity contribution is 1.38. The van der Waals surface area contributed by atoms with Crippen LogP contribution in [0.25, 0.3) is 0 Å². The van der Waals surface area contributed by atoms with E-state index in [4.69, 9.17) is 0 Å². The van der Waals surface area contributed by atoms with Crippen LogP contribution < -0.4 is 0 Å². The number of hydrogen-bond acceptors (Lipinski definition) is 0. The highest BCUT2D eigenvalue weighted by molar-refractivity contribution is 8.22. The quantitative estimate of drug-likeness (QED) is 0.573. The molecule has 0 radical (unpaired) electrons. The first-order valence-corrected chi connectivity index (χ1v) is 4.71. The lowest BCUT2D eigenvalue weighted by atomic mass is 10.6. The molecule has 1 N–H and O–H groups in total. The van der Waals surface area contributed by atoms with Gasteiger partial charge in [0, 0.05) is 17.3 Å². The SMILES string of the molecule is C1=C[SH](c2cc[nH]c2)C=C1. The Bertz CT molecular complexity index is 247. The predicted octanol–water partition coefficient (Wildman–Crippen LogP) is 2.42. The fourth-order valence-electron chi connectivity index (χ4n) is 0.982. The lowest BCUT2D eigenvalue weighted by Gasteiger charge is -2.04. The minimum absolute atomic E-state index is 0.0956. The Balaban J connectivity index is 2.29. The van der Waals surface area contributed by atoms with E-state index in [-0.39, 0.29) is 10.9 Å². The van der Waals surface area contributed by atoms with E-state index >= 15 is 0 Å². The van der Waals surface area contributed by atoms with Crippen molar-refractivity contribution in [1.29, 1.82) is 0 Å². The maximum absolute atomic E-state index is 3.06. The van der Waals surface area contributed by atoms with E-state index in [1.165, 1.54) is 4.90 Å². The van der Waals surface area contributed by atoms with Gasteiger partial charge in [-0.05, 0) is 16.9 Å². The number of nitrogens with one attached hydrogen (secondary N) is 1. The van der Waals surface area contributed by atoms with Crippen LogP contribution in [-0.2, 0) is 0 Å². The number of allylic oxidation sites excluding steroid dienone is 2. The summed E-state index contributed by atoms with van der Waals surface area (Å²) in [5.74, 6) is 0. The highest BCUT2D eigenvalue weighted by atomic mass is 32.2. The molecule has 0 saturated heterocycles. The van der Waals surface area contributed by atoms with Crippen LogP contribution in [0.5, 0.6) is 0 Å². The minimum atomic E-state index is -0.0956. The molecule has 1 nitrogen and oxygen atoms in total. The van der Waals surface area contributed by atoms with Crippen molar-refractivity contribution in [3.8, 4) is 0 Å². The van der Waals surface area contributed by atoms with Gasteiger partial charge in [-0.1, -0.05) is 12.2 Å². The van der Waals surface area contributed by atoms with Crippen molar-refractivity contribution in [2.45, 2.75) is 4.90 Å². The van der Waals surface area contributed by atoms with Gasteiger partial charge in [-0.3, -0.25) is 0 Å². The van der Waals surface area contributed by atoms with Crippen molar-refractivity contribution in [2.24, 2.45) is 0 Å². The van der Waals surface area contributed by atoms with Gasteiger partial charge in [0.15, 0.2) is 0 Å². The van der Waals surface area contributed by atoms with Crippen molar-refractivity contribution < 1.29 is 0 Å². The Morgan fingerprint density at radius 2 is 2.00 bits per heavy atom. The lowest BCUT2D eigenvalue weighted by Crippen LogP contribution is -1.64. The second-order valence-electron chi connectivity index (χ2n) is 2.16. The number of aromatic nitrogens is 1.